The summed E-state index contributed by atoms with van der Waals surface area (Å²) in [6.07, 6.45) is 2.63. The molecule has 0 atom stereocenters. The fourth-order valence-electron chi connectivity index (χ4n) is 1.52. The Morgan fingerprint density at radius 3 is 2.67 bits per heavy atom. The number of halogens is 1. The van der Waals surface area contributed by atoms with Crippen LogP contribution in [0.5, 0.6) is 0 Å². The highest BCUT2D eigenvalue weighted by atomic mass is 127. The van der Waals surface area contributed by atoms with Gasteiger partial charge in [0.05, 0.1) is 0 Å². The van der Waals surface area contributed by atoms with E-state index >= 15 is 0 Å². The van der Waals surface area contributed by atoms with Crippen LogP contribution in [0.4, 0.5) is 5.82 Å². The van der Waals surface area contributed by atoms with E-state index in [-0.39, 0.29) is 0 Å². The molecular weight excluding hydrogens is 263 g/mol. The molecule has 0 amide bonds. The van der Waals surface area contributed by atoms with Gasteiger partial charge in [0.1, 0.15) is 9.52 Å². The van der Waals surface area contributed by atoms with Crippen LogP contribution in [0.2, 0.25) is 0 Å². The smallest absolute Gasteiger partial charge is 0.129 e. The molecule has 0 spiro atoms. The molecule has 1 aromatic rings. The van der Waals surface area contributed by atoms with E-state index in [0.717, 1.165) is 9.52 Å². The highest BCUT2D eigenvalue weighted by molar-refractivity contribution is 14.1. The van der Waals surface area contributed by atoms with Crippen molar-refractivity contribution in [2.45, 2.75) is 12.8 Å². The SMILES string of the molecule is Ic1cccc(N2CCCC2)n1. The summed E-state index contributed by atoms with van der Waals surface area (Å²) in [5.41, 5.74) is 0. The molecule has 0 unspecified atom stereocenters. The zero-order valence-corrected chi connectivity index (χ0v) is 8.99. The van der Waals surface area contributed by atoms with Gasteiger partial charge in [-0.1, -0.05) is 6.07 Å². The molecule has 12 heavy (non-hydrogen) atoms. The summed E-state index contributed by atoms with van der Waals surface area (Å²) >= 11 is 2.25. The van der Waals surface area contributed by atoms with Crippen molar-refractivity contribution in [1.29, 1.82) is 0 Å². The van der Waals surface area contributed by atoms with E-state index in [9.17, 15) is 0 Å². The van der Waals surface area contributed by atoms with Crippen LogP contribution in [0, 0.1) is 3.70 Å². The fourth-order valence-corrected chi connectivity index (χ4v) is 1.97. The molecule has 0 saturated carbocycles. The van der Waals surface area contributed by atoms with Crippen molar-refractivity contribution in [3.8, 4) is 0 Å². The van der Waals surface area contributed by atoms with Gasteiger partial charge in [0.2, 0.25) is 0 Å². The van der Waals surface area contributed by atoms with E-state index in [1.54, 1.807) is 0 Å². The number of hydrogen-bond donors (Lipinski definition) is 0. The van der Waals surface area contributed by atoms with E-state index in [1.165, 1.54) is 25.9 Å². The Bertz CT molecular complexity index is 269. The molecule has 0 aliphatic carbocycles. The maximum Gasteiger partial charge on any atom is 0.129 e. The lowest BCUT2D eigenvalue weighted by atomic mass is 10.4. The maximum atomic E-state index is 4.47. The Balaban J connectivity index is 2.21. The summed E-state index contributed by atoms with van der Waals surface area (Å²) in [4.78, 5) is 6.82. The summed E-state index contributed by atoms with van der Waals surface area (Å²) in [5, 5.41) is 0. The van der Waals surface area contributed by atoms with Gasteiger partial charge in [-0.2, -0.15) is 0 Å². The summed E-state index contributed by atoms with van der Waals surface area (Å²) in [5.74, 6) is 1.14. The van der Waals surface area contributed by atoms with E-state index in [2.05, 4.69) is 44.6 Å². The van der Waals surface area contributed by atoms with Gasteiger partial charge in [0, 0.05) is 13.1 Å². The third-order valence-electron chi connectivity index (χ3n) is 2.13. The first-order valence-corrected chi connectivity index (χ1v) is 5.32. The van der Waals surface area contributed by atoms with Gasteiger partial charge in [-0.15, -0.1) is 0 Å². The summed E-state index contributed by atoms with van der Waals surface area (Å²) in [6, 6.07) is 6.19. The van der Waals surface area contributed by atoms with Crippen molar-refractivity contribution in [2.24, 2.45) is 0 Å². The molecule has 2 nitrogen and oxygen atoms in total. The molecule has 1 aromatic heterocycles. The first kappa shape index (κ1) is 8.29. The molecule has 2 rings (SSSR count). The average molecular weight is 274 g/mol. The molecule has 1 fully saturated rings. The largest absolute Gasteiger partial charge is 0.357 e. The van der Waals surface area contributed by atoms with Gasteiger partial charge in [-0.3, -0.25) is 0 Å². The van der Waals surface area contributed by atoms with Gasteiger partial charge in [-0.05, 0) is 47.6 Å². The third kappa shape index (κ3) is 1.71. The molecule has 3 heteroatoms. The number of aromatic nitrogens is 1. The Morgan fingerprint density at radius 2 is 2.00 bits per heavy atom. The number of hydrogen-bond acceptors (Lipinski definition) is 2. The summed E-state index contributed by atoms with van der Waals surface area (Å²) in [6.45, 7) is 2.35. The van der Waals surface area contributed by atoms with Crippen molar-refractivity contribution in [3.63, 3.8) is 0 Å². The molecule has 0 aromatic carbocycles. The second kappa shape index (κ2) is 3.60. The van der Waals surface area contributed by atoms with Crippen LogP contribution in [-0.4, -0.2) is 18.1 Å². The predicted molar refractivity (Wildman–Crippen MR) is 58.4 cm³/mol. The monoisotopic (exact) mass is 274 g/mol. The molecule has 0 N–H and O–H groups in total. The van der Waals surface area contributed by atoms with Crippen molar-refractivity contribution < 1.29 is 0 Å². The zero-order valence-electron chi connectivity index (χ0n) is 6.83. The summed E-state index contributed by atoms with van der Waals surface area (Å²) in [7, 11) is 0. The lowest BCUT2D eigenvalue weighted by molar-refractivity contribution is 0.933. The Kier molecular flexibility index (Phi) is 2.48. The molecular formula is C9H11IN2. The minimum Gasteiger partial charge on any atom is -0.357 e. The average Bonchev–Trinajstić information content (AvgIpc) is 2.56. The second-order valence-corrected chi connectivity index (χ2v) is 4.12. The van der Waals surface area contributed by atoms with Crippen LogP contribution in [0.15, 0.2) is 18.2 Å². The normalized spacial score (nSPS) is 16.9. The number of rotatable bonds is 1. The van der Waals surface area contributed by atoms with E-state index in [0.29, 0.717) is 0 Å². The number of nitrogens with zero attached hydrogens (tertiary/aromatic N) is 2. The van der Waals surface area contributed by atoms with E-state index in [4.69, 9.17) is 0 Å². The standard InChI is InChI=1S/C9H11IN2/c10-8-4-3-5-9(11-8)12-6-1-2-7-12/h3-5H,1-2,6-7H2. The molecule has 0 radical (unpaired) electrons. The molecule has 1 aliphatic rings. The minimum absolute atomic E-state index is 1.08. The lowest BCUT2D eigenvalue weighted by Crippen LogP contribution is -2.18. The Hall–Kier alpha value is -0.320. The van der Waals surface area contributed by atoms with Crippen LogP contribution in [-0.2, 0) is 0 Å². The van der Waals surface area contributed by atoms with Crippen LogP contribution < -0.4 is 4.90 Å². The van der Waals surface area contributed by atoms with Crippen molar-refractivity contribution >= 4 is 28.4 Å². The van der Waals surface area contributed by atoms with Crippen LogP contribution in [0.3, 0.4) is 0 Å². The topological polar surface area (TPSA) is 16.1 Å². The van der Waals surface area contributed by atoms with Gasteiger partial charge in [0.25, 0.3) is 0 Å². The molecule has 2 heterocycles. The number of anilines is 1. The number of pyridine rings is 1. The first-order chi connectivity index (χ1) is 5.86. The summed E-state index contributed by atoms with van der Waals surface area (Å²) < 4.78 is 1.08. The second-order valence-electron chi connectivity index (χ2n) is 3.01. The third-order valence-corrected chi connectivity index (χ3v) is 2.73. The van der Waals surface area contributed by atoms with Gasteiger partial charge < -0.3 is 4.90 Å². The predicted octanol–water partition coefficient (Wildman–Crippen LogP) is 2.29. The van der Waals surface area contributed by atoms with Gasteiger partial charge in [0.15, 0.2) is 0 Å². The van der Waals surface area contributed by atoms with Crippen molar-refractivity contribution in [2.75, 3.05) is 18.0 Å². The lowest BCUT2D eigenvalue weighted by Gasteiger charge is -2.15. The van der Waals surface area contributed by atoms with Gasteiger partial charge >= 0.3 is 0 Å². The molecule has 64 valence electrons. The fraction of sp³-hybridized carbons (Fsp3) is 0.444. The van der Waals surface area contributed by atoms with Crippen LogP contribution >= 0.6 is 22.6 Å². The zero-order chi connectivity index (χ0) is 8.39. The Labute approximate surface area is 86.1 Å². The maximum absolute atomic E-state index is 4.47. The van der Waals surface area contributed by atoms with Crippen LogP contribution in [0.25, 0.3) is 0 Å². The van der Waals surface area contributed by atoms with Crippen LogP contribution in [0.1, 0.15) is 12.8 Å². The highest BCUT2D eigenvalue weighted by Gasteiger charge is 2.12. The highest BCUT2D eigenvalue weighted by Crippen LogP contribution is 2.17. The van der Waals surface area contributed by atoms with E-state index < -0.39 is 0 Å². The minimum atomic E-state index is 1.08. The molecule has 1 saturated heterocycles. The molecule has 0 bridgehead atoms. The quantitative estimate of drug-likeness (QED) is 0.577. The molecule has 1 aliphatic heterocycles. The first-order valence-electron chi connectivity index (χ1n) is 4.24. The Morgan fingerprint density at radius 1 is 1.25 bits per heavy atom. The van der Waals surface area contributed by atoms with E-state index in [1.807, 2.05) is 6.07 Å². The van der Waals surface area contributed by atoms with Crippen molar-refractivity contribution in [1.82, 2.24) is 4.98 Å². The van der Waals surface area contributed by atoms with Gasteiger partial charge in [-0.25, -0.2) is 4.98 Å². The van der Waals surface area contributed by atoms with Crippen molar-refractivity contribution in [3.05, 3.63) is 21.9 Å².